The van der Waals surface area contributed by atoms with E-state index in [-0.39, 0.29) is 5.97 Å². The van der Waals surface area contributed by atoms with Crippen LogP contribution in [-0.4, -0.2) is 22.7 Å². The van der Waals surface area contributed by atoms with E-state index in [0.717, 1.165) is 46.5 Å². The Kier molecular flexibility index (Phi) is 6.34. The van der Waals surface area contributed by atoms with Crippen molar-refractivity contribution < 1.29 is 9.53 Å². The maximum absolute atomic E-state index is 12.7. The number of thiophene rings is 1. The van der Waals surface area contributed by atoms with Gasteiger partial charge in [0.05, 0.1) is 21.9 Å². The van der Waals surface area contributed by atoms with Crippen LogP contribution >= 0.6 is 46.5 Å². The number of carbonyl (C=O) groups is 1. The van der Waals surface area contributed by atoms with Crippen LogP contribution in [0, 0.1) is 0 Å². The topological polar surface area (TPSA) is 63.2 Å². The SMILES string of the molecule is CCOC(=O)c1c(NC(=S)Nc2nc3c(Cl)cccc3s2)sc2c1CCCCC2. The van der Waals surface area contributed by atoms with Gasteiger partial charge in [0.2, 0.25) is 0 Å². The fraction of sp³-hybridized carbons (Fsp3) is 0.350. The van der Waals surface area contributed by atoms with E-state index in [4.69, 9.17) is 28.6 Å². The molecule has 1 aliphatic carbocycles. The van der Waals surface area contributed by atoms with E-state index in [1.165, 1.54) is 22.6 Å². The summed E-state index contributed by atoms with van der Waals surface area (Å²) in [6, 6.07) is 5.68. The van der Waals surface area contributed by atoms with Crippen LogP contribution in [0.3, 0.4) is 0 Å². The van der Waals surface area contributed by atoms with Crippen molar-refractivity contribution in [3.05, 3.63) is 39.2 Å². The van der Waals surface area contributed by atoms with Crippen molar-refractivity contribution in [2.24, 2.45) is 0 Å². The molecule has 2 N–H and O–H groups in total. The van der Waals surface area contributed by atoms with Gasteiger partial charge in [-0.3, -0.25) is 0 Å². The van der Waals surface area contributed by atoms with Gasteiger partial charge in [-0.25, -0.2) is 9.78 Å². The van der Waals surface area contributed by atoms with Crippen molar-refractivity contribution in [3.63, 3.8) is 0 Å². The summed E-state index contributed by atoms with van der Waals surface area (Å²) in [5, 5.41) is 8.72. The third-order valence-electron chi connectivity index (χ3n) is 4.72. The van der Waals surface area contributed by atoms with Gasteiger partial charge in [-0.05, 0) is 62.5 Å². The summed E-state index contributed by atoms with van der Waals surface area (Å²) >= 11 is 14.8. The van der Waals surface area contributed by atoms with Gasteiger partial charge >= 0.3 is 5.97 Å². The van der Waals surface area contributed by atoms with Gasteiger partial charge in [0.15, 0.2) is 10.2 Å². The van der Waals surface area contributed by atoms with Crippen LogP contribution in [0.25, 0.3) is 10.2 Å². The lowest BCUT2D eigenvalue weighted by Crippen LogP contribution is -2.20. The third-order valence-corrected chi connectivity index (χ3v) is 7.37. The zero-order chi connectivity index (χ0) is 20.4. The summed E-state index contributed by atoms with van der Waals surface area (Å²) in [5.41, 5.74) is 2.49. The standard InChI is InChI=1S/C20H20ClN3O2S3/c1-2-26-18(25)15-11-7-4-3-5-9-13(11)28-17(15)23-19(27)24-20-22-16-12(21)8-6-10-14(16)29-20/h6,8,10H,2-5,7,9H2,1H3,(H2,22,23,24,27). The molecular weight excluding hydrogens is 446 g/mol. The first kappa shape index (κ1) is 20.5. The number of rotatable bonds is 4. The molecule has 0 unspecified atom stereocenters. The maximum Gasteiger partial charge on any atom is 0.341 e. The number of para-hydroxylation sites is 1. The number of halogens is 1. The smallest absolute Gasteiger partial charge is 0.341 e. The van der Waals surface area contributed by atoms with Crippen LogP contribution in [0.5, 0.6) is 0 Å². The van der Waals surface area contributed by atoms with Crippen molar-refractivity contribution >= 4 is 77.9 Å². The number of carbonyl (C=O) groups excluding carboxylic acids is 1. The summed E-state index contributed by atoms with van der Waals surface area (Å²) in [7, 11) is 0. The van der Waals surface area contributed by atoms with E-state index in [2.05, 4.69) is 15.6 Å². The zero-order valence-corrected chi connectivity index (χ0v) is 19.0. The first-order valence-electron chi connectivity index (χ1n) is 9.51. The molecule has 2 heterocycles. The second kappa shape index (κ2) is 8.95. The molecule has 0 saturated carbocycles. The van der Waals surface area contributed by atoms with Gasteiger partial charge in [0.1, 0.15) is 10.5 Å². The normalized spacial score (nSPS) is 13.6. The second-order valence-electron chi connectivity index (χ2n) is 6.67. The fourth-order valence-corrected chi connectivity index (χ4v) is 6.23. The van der Waals surface area contributed by atoms with E-state index in [0.29, 0.717) is 27.4 Å². The molecule has 3 aromatic rings. The second-order valence-corrected chi connectivity index (χ2v) is 9.63. The number of fused-ring (bicyclic) bond motifs is 2. The van der Waals surface area contributed by atoms with Gasteiger partial charge in [-0.1, -0.05) is 35.4 Å². The van der Waals surface area contributed by atoms with Crippen molar-refractivity contribution in [1.29, 1.82) is 0 Å². The molecule has 0 fully saturated rings. The van der Waals surface area contributed by atoms with Gasteiger partial charge < -0.3 is 15.4 Å². The maximum atomic E-state index is 12.7. The Morgan fingerprint density at radius 1 is 1.24 bits per heavy atom. The number of hydrogen-bond donors (Lipinski definition) is 2. The molecule has 152 valence electrons. The molecule has 5 nitrogen and oxygen atoms in total. The largest absolute Gasteiger partial charge is 0.462 e. The average molecular weight is 466 g/mol. The van der Waals surface area contributed by atoms with Crippen molar-refractivity contribution in [3.8, 4) is 0 Å². The van der Waals surface area contributed by atoms with E-state index in [9.17, 15) is 4.79 Å². The number of ether oxygens (including phenoxy) is 1. The van der Waals surface area contributed by atoms with Gasteiger partial charge in [0, 0.05) is 4.88 Å². The highest BCUT2D eigenvalue weighted by atomic mass is 35.5. The molecular formula is C20H20ClN3O2S3. The molecule has 0 aliphatic heterocycles. The number of aryl methyl sites for hydroxylation is 1. The molecule has 0 saturated heterocycles. The van der Waals surface area contributed by atoms with Crippen molar-refractivity contribution in [2.45, 2.75) is 39.0 Å². The summed E-state index contributed by atoms with van der Waals surface area (Å²) in [6.45, 7) is 2.17. The van der Waals surface area contributed by atoms with Crippen molar-refractivity contribution in [2.75, 3.05) is 17.2 Å². The van der Waals surface area contributed by atoms with Gasteiger partial charge in [-0.2, -0.15) is 0 Å². The number of hydrogen-bond acceptors (Lipinski definition) is 6. The lowest BCUT2D eigenvalue weighted by atomic mass is 10.1. The summed E-state index contributed by atoms with van der Waals surface area (Å²) in [6.07, 6.45) is 5.31. The van der Waals surface area contributed by atoms with Crippen LogP contribution in [0.15, 0.2) is 18.2 Å². The zero-order valence-electron chi connectivity index (χ0n) is 15.8. The monoisotopic (exact) mass is 465 g/mol. The van der Waals surface area contributed by atoms with E-state index in [1.807, 2.05) is 25.1 Å². The molecule has 29 heavy (non-hydrogen) atoms. The summed E-state index contributed by atoms with van der Waals surface area (Å²) in [4.78, 5) is 18.4. The first-order chi connectivity index (χ1) is 14.1. The van der Waals surface area contributed by atoms with Crippen LogP contribution in [-0.2, 0) is 17.6 Å². The minimum Gasteiger partial charge on any atom is -0.462 e. The molecule has 0 amide bonds. The average Bonchev–Trinajstić information content (AvgIpc) is 3.16. The summed E-state index contributed by atoms with van der Waals surface area (Å²) < 4.78 is 6.31. The number of anilines is 2. The number of nitrogens with zero attached hydrogens (tertiary/aromatic N) is 1. The summed E-state index contributed by atoms with van der Waals surface area (Å²) in [5.74, 6) is -0.288. The number of thiazole rings is 1. The molecule has 0 atom stereocenters. The Hall–Kier alpha value is -1.74. The van der Waals surface area contributed by atoms with Crippen LogP contribution in [0.2, 0.25) is 5.02 Å². The quantitative estimate of drug-likeness (QED) is 0.269. The Balaban J connectivity index is 1.58. The number of nitrogens with one attached hydrogen (secondary N) is 2. The molecule has 9 heteroatoms. The molecule has 1 aromatic carbocycles. The predicted molar refractivity (Wildman–Crippen MR) is 126 cm³/mol. The minimum absolute atomic E-state index is 0.288. The number of benzene rings is 1. The van der Waals surface area contributed by atoms with Crippen LogP contribution in [0.4, 0.5) is 10.1 Å². The van der Waals surface area contributed by atoms with E-state index in [1.54, 1.807) is 11.3 Å². The van der Waals surface area contributed by atoms with Crippen molar-refractivity contribution in [1.82, 2.24) is 4.98 Å². The Morgan fingerprint density at radius 3 is 2.86 bits per heavy atom. The Morgan fingerprint density at radius 2 is 2.07 bits per heavy atom. The molecule has 0 spiro atoms. The van der Waals surface area contributed by atoms with E-state index >= 15 is 0 Å². The van der Waals surface area contributed by atoms with E-state index < -0.39 is 0 Å². The lowest BCUT2D eigenvalue weighted by molar-refractivity contribution is 0.0527. The van der Waals surface area contributed by atoms with Gasteiger partial charge in [0.25, 0.3) is 0 Å². The lowest BCUT2D eigenvalue weighted by Gasteiger charge is -2.10. The molecule has 0 bridgehead atoms. The highest BCUT2D eigenvalue weighted by Gasteiger charge is 2.26. The number of aromatic nitrogens is 1. The number of esters is 1. The molecule has 2 aromatic heterocycles. The fourth-order valence-electron chi connectivity index (χ4n) is 3.45. The highest BCUT2D eigenvalue weighted by molar-refractivity contribution is 7.80. The predicted octanol–water partition coefficient (Wildman–Crippen LogP) is 6.27. The molecule has 1 aliphatic rings. The molecule has 4 rings (SSSR count). The highest BCUT2D eigenvalue weighted by Crippen LogP contribution is 2.38. The Bertz CT molecular complexity index is 1080. The third kappa shape index (κ3) is 4.40. The van der Waals surface area contributed by atoms with Crippen LogP contribution in [0.1, 0.15) is 47.0 Å². The Labute approximate surface area is 187 Å². The van der Waals surface area contributed by atoms with Crippen LogP contribution < -0.4 is 10.6 Å². The van der Waals surface area contributed by atoms with Gasteiger partial charge in [-0.15, -0.1) is 11.3 Å². The minimum atomic E-state index is -0.288. The first-order valence-corrected chi connectivity index (χ1v) is 11.9. The molecule has 0 radical (unpaired) electrons. The number of thiocarbonyl (C=S) groups is 1.